The Morgan fingerprint density at radius 1 is 1.30 bits per heavy atom. The summed E-state index contributed by atoms with van der Waals surface area (Å²) in [6.45, 7) is 5.86. The zero-order valence-corrected chi connectivity index (χ0v) is 12.0. The van der Waals surface area contributed by atoms with Gasteiger partial charge in [0, 0.05) is 36.9 Å². The molecule has 0 aromatic carbocycles. The molecule has 2 aliphatic rings. The summed E-state index contributed by atoms with van der Waals surface area (Å²) >= 11 is 0. The van der Waals surface area contributed by atoms with Gasteiger partial charge in [-0.1, -0.05) is 0 Å². The quantitative estimate of drug-likeness (QED) is 0.838. The number of nitrogens with zero attached hydrogens (tertiary/aromatic N) is 3. The minimum Gasteiger partial charge on any atom is -0.384 e. The molecular formula is C15H22N4O. The SMILES string of the molecule is Cc1cc(C(=O)N2CCCN3CCCC3C2)cc(N)n1. The van der Waals surface area contributed by atoms with Crippen molar-refractivity contribution >= 4 is 11.7 Å². The van der Waals surface area contributed by atoms with Crippen LogP contribution < -0.4 is 5.73 Å². The molecule has 0 aliphatic carbocycles. The normalized spacial score (nSPS) is 23.4. The van der Waals surface area contributed by atoms with Crippen LogP contribution in [0, 0.1) is 6.92 Å². The topological polar surface area (TPSA) is 62.5 Å². The number of anilines is 1. The summed E-state index contributed by atoms with van der Waals surface area (Å²) in [4.78, 5) is 21.3. The standard InChI is InChI=1S/C15H22N4O/c1-11-8-12(9-14(16)17-11)15(20)19-7-3-6-18-5-2-4-13(18)10-19/h8-9,13H,2-7,10H2,1H3,(H2,16,17). The number of amides is 1. The van der Waals surface area contributed by atoms with Crippen molar-refractivity contribution in [3.8, 4) is 0 Å². The van der Waals surface area contributed by atoms with Gasteiger partial charge in [-0.2, -0.15) is 0 Å². The van der Waals surface area contributed by atoms with Crippen LogP contribution in [0.5, 0.6) is 0 Å². The van der Waals surface area contributed by atoms with Gasteiger partial charge in [-0.3, -0.25) is 9.69 Å². The fourth-order valence-electron chi connectivity index (χ4n) is 3.39. The average molecular weight is 274 g/mol. The molecule has 2 fully saturated rings. The number of rotatable bonds is 1. The van der Waals surface area contributed by atoms with E-state index in [1.807, 2.05) is 17.9 Å². The van der Waals surface area contributed by atoms with Crippen LogP contribution in [0.1, 0.15) is 35.3 Å². The van der Waals surface area contributed by atoms with E-state index in [1.54, 1.807) is 6.07 Å². The summed E-state index contributed by atoms with van der Waals surface area (Å²) in [6, 6.07) is 4.06. The Kier molecular flexibility index (Phi) is 3.61. The van der Waals surface area contributed by atoms with Crippen LogP contribution >= 0.6 is 0 Å². The maximum Gasteiger partial charge on any atom is 0.254 e. The van der Waals surface area contributed by atoms with Crippen LogP contribution in [0.25, 0.3) is 0 Å². The third-order valence-corrected chi connectivity index (χ3v) is 4.31. The summed E-state index contributed by atoms with van der Waals surface area (Å²) in [5, 5.41) is 0. The summed E-state index contributed by atoms with van der Waals surface area (Å²) in [6.07, 6.45) is 3.52. The number of aryl methyl sites for hydroxylation is 1. The van der Waals surface area contributed by atoms with E-state index in [2.05, 4.69) is 9.88 Å². The highest BCUT2D eigenvalue weighted by molar-refractivity contribution is 5.95. The van der Waals surface area contributed by atoms with Crippen molar-refractivity contribution in [3.63, 3.8) is 0 Å². The van der Waals surface area contributed by atoms with Gasteiger partial charge in [0.05, 0.1) is 0 Å². The maximum atomic E-state index is 12.7. The molecule has 3 rings (SSSR count). The highest BCUT2D eigenvalue weighted by atomic mass is 16.2. The lowest BCUT2D eigenvalue weighted by atomic mass is 10.1. The van der Waals surface area contributed by atoms with Crippen LogP contribution in [0.15, 0.2) is 12.1 Å². The van der Waals surface area contributed by atoms with Gasteiger partial charge in [0.1, 0.15) is 5.82 Å². The number of carbonyl (C=O) groups is 1. The molecular weight excluding hydrogens is 252 g/mol. The van der Waals surface area contributed by atoms with E-state index in [0.29, 0.717) is 17.4 Å². The van der Waals surface area contributed by atoms with Crippen molar-refractivity contribution in [1.29, 1.82) is 0 Å². The largest absolute Gasteiger partial charge is 0.384 e. The number of nitrogens with two attached hydrogens (primary N) is 1. The van der Waals surface area contributed by atoms with Gasteiger partial charge in [0.25, 0.3) is 5.91 Å². The number of aromatic nitrogens is 1. The fraction of sp³-hybridized carbons (Fsp3) is 0.600. The van der Waals surface area contributed by atoms with E-state index < -0.39 is 0 Å². The van der Waals surface area contributed by atoms with E-state index >= 15 is 0 Å². The molecule has 0 saturated carbocycles. The van der Waals surface area contributed by atoms with Gasteiger partial charge in [0.15, 0.2) is 0 Å². The molecule has 1 unspecified atom stereocenters. The van der Waals surface area contributed by atoms with E-state index in [4.69, 9.17) is 5.73 Å². The molecule has 1 amide bonds. The Bertz CT molecular complexity index is 496. The molecule has 0 radical (unpaired) electrons. The first-order valence-electron chi connectivity index (χ1n) is 7.41. The van der Waals surface area contributed by atoms with Crippen LogP contribution in [-0.2, 0) is 0 Å². The molecule has 5 nitrogen and oxygen atoms in total. The van der Waals surface area contributed by atoms with Crippen LogP contribution in [-0.4, -0.2) is 52.9 Å². The molecule has 2 saturated heterocycles. The smallest absolute Gasteiger partial charge is 0.254 e. The number of hydrogen-bond acceptors (Lipinski definition) is 4. The minimum absolute atomic E-state index is 0.0935. The Hall–Kier alpha value is -1.62. The van der Waals surface area contributed by atoms with Crippen molar-refractivity contribution in [2.45, 2.75) is 32.2 Å². The molecule has 3 heterocycles. The van der Waals surface area contributed by atoms with Gasteiger partial charge in [-0.05, 0) is 44.9 Å². The van der Waals surface area contributed by atoms with E-state index in [9.17, 15) is 4.79 Å². The molecule has 2 aliphatic heterocycles. The molecule has 5 heteroatoms. The Balaban J connectivity index is 1.78. The molecule has 2 N–H and O–H groups in total. The zero-order chi connectivity index (χ0) is 14.1. The number of nitrogen functional groups attached to an aromatic ring is 1. The van der Waals surface area contributed by atoms with E-state index in [-0.39, 0.29) is 5.91 Å². The van der Waals surface area contributed by atoms with E-state index in [1.165, 1.54) is 19.4 Å². The van der Waals surface area contributed by atoms with Gasteiger partial charge in [-0.15, -0.1) is 0 Å². The number of pyridine rings is 1. The third-order valence-electron chi connectivity index (χ3n) is 4.31. The predicted octanol–water partition coefficient (Wildman–Crippen LogP) is 1.28. The van der Waals surface area contributed by atoms with Crippen molar-refractivity contribution in [1.82, 2.24) is 14.8 Å². The van der Waals surface area contributed by atoms with Gasteiger partial charge < -0.3 is 10.6 Å². The van der Waals surface area contributed by atoms with Crippen molar-refractivity contribution in [3.05, 3.63) is 23.4 Å². The summed E-state index contributed by atoms with van der Waals surface area (Å²) < 4.78 is 0. The molecule has 20 heavy (non-hydrogen) atoms. The Morgan fingerprint density at radius 3 is 2.90 bits per heavy atom. The maximum absolute atomic E-state index is 12.7. The number of carbonyl (C=O) groups excluding carboxylic acids is 1. The first-order valence-corrected chi connectivity index (χ1v) is 7.41. The molecule has 1 aromatic heterocycles. The highest BCUT2D eigenvalue weighted by Crippen LogP contribution is 2.22. The second kappa shape index (κ2) is 5.40. The predicted molar refractivity (Wildman–Crippen MR) is 78.5 cm³/mol. The van der Waals surface area contributed by atoms with E-state index in [0.717, 1.165) is 31.7 Å². The van der Waals surface area contributed by atoms with Gasteiger partial charge in [-0.25, -0.2) is 4.98 Å². The van der Waals surface area contributed by atoms with Crippen molar-refractivity contribution < 1.29 is 4.79 Å². The average Bonchev–Trinajstić information content (AvgIpc) is 2.74. The summed E-state index contributed by atoms with van der Waals surface area (Å²) in [7, 11) is 0. The lowest BCUT2D eigenvalue weighted by Crippen LogP contribution is -2.39. The lowest BCUT2D eigenvalue weighted by Gasteiger charge is -2.25. The van der Waals surface area contributed by atoms with Crippen LogP contribution in [0.4, 0.5) is 5.82 Å². The Labute approximate surface area is 119 Å². The van der Waals surface area contributed by atoms with Crippen LogP contribution in [0.3, 0.4) is 0 Å². The number of fused-ring (bicyclic) bond motifs is 1. The molecule has 0 bridgehead atoms. The second-order valence-electron chi connectivity index (χ2n) is 5.86. The first kappa shape index (κ1) is 13.4. The highest BCUT2D eigenvalue weighted by Gasteiger charge is 2.30. The van der Waals surface area contributed by atoms with Crippen molar-refractivity contribution in [2.75, 3.05) is 31.9 Å². The summed E-state index contributed by atoms with van der Waals surface area (Å²) in [5.41, 5.74) is 7.22. The van der Waals surface area contributed by atoms with Crippen molar-refractivity contribution in [2.24, 2.45) is 0 Å². The second-order valence-corrected chi connectivity index (χ2v) is 5.86. The Morgan fingerprint density at radius 2 is 2.10 bits per heavy atom. The molecule has 0 spiro atoms. The zero-order valence-electron chi connectivity index (χ0n) is 12.0. The third kappa shape index (κ3) is 2.63. The fourth-order valence-corrected chi connectivity index (χ4v) is 3.39. The molecule has 1 atom stereocenters. The minimum atomic E-state index is 0.0935. The first-order chi connectivity index (χ1) is 9.63. The van der Waals surface area contributed by atoms with Gasteiger partial charge >= 0.3 is 0 Å². The molecule has 108 valence electrons. The number of hydrogen-bond donors (Lipinski definition) is 1. The summed E-state index contributed by atoms with van der Waals surface area (Å²) in [5.74, 6) is 0.515. The monoisotopic (exact) mass is 274 g/mol. The van der Waals surface area contributed by atoms with Crippen LogP contribution in [0.2, 0.25) is 0 Å². The molecule has 1 aromatic rings. The van der Waals surface area contributed by atoms with Gasteiger partial charge in [0.2, 0.25) is 0 Å². The lowest BCUT2D eigenvalue weighted by molar-refractivity contribution is 0.0743.